The maximum Gasteiger partial charge on any atom is 0.191 e. The van der Waals surface area contributed by atoms with Crippen molar-refractivity contribution in [2.75, 3.05) is 6.61 Å². The number of hydrogen-bond donors (Lipinski definition) is 1. The average molecular weight is 229 g/mol. The van der Waals surface area contributed by atoms with Crippen molar-refractivity contribution >= 4 is 8.32 Å². The Hall–Kier alpha value is -0.373. The quantitative estimate of drug-likeness (QED) is 0.737. The molecule has 0 aliphatic heterocycles. The Labute approximate surface area is 94.2 Å². The molecule has 0 saturated carbocycles. The first-order valence-electron chi connectivity index (χ1n) is 5.39. The summed E-state index contributed by atoms with van der Waals surface area (Å²) in [5, 5.41) is 17.9. The van der Waals surface area contributed by atoms with Crippen LogP contribution in [0, 0.1) is 11.3 Å². The van der Waals surface area contributed by atoms with Gasteiger partial charge in [0.2, 0.25) is 0 Å². The van der Waals surface area contributed by atoms with Gasteiger partial charge in [-0.2, -0.15) is 5.26 Å². The van der Waals surface area contributed by atoms with Gasteiger partial charge in [-0.25, -0.2) is 0 Å². The molecule has 0 aromatic heterocycles. The van der Waals surface area contributed by atoms with Gasteiger partial charge in [0.05, 0.1) is 18.6 Å². The lowest BCUT2D eigenvalue weighted by Crippen LogP contribution is -2.41. The van der Waals surface area contributed by atoms with Crippen LogP contribution in [0.3, 0.4) is 0 Å². The van der Waals surface area contributed by atoms with E-state index in [1.165, 1.54) is 0 Å². The lowest BCUT2D eigenvalue weighted by atomic mass is 10.2. The summed E-state index contributed by atoms with van der Waals surface area (Å²) in [5.41, 5.74) is 0. The second-order valence-electron chi connectivity index (χ2n) is 5.41. The molecule has 0 heterocycles. The van der Waals surface area contributed by atoms with Crippen LogP contribution < -0.4 is 0 Å². The minimum atomic E-state index is -1.69. The van der Waals surface area contributed by atoms with Crippen LogP contribution in [0.5, 0.6) is 0 Å². The predicted octanol–water partition coefficient (Wildman–Crippen LogP) is 2.67. The number of nitrogens with zero attached hydrogens (tertiary/aromatic N) is 1. The van der Waals surface area contributed by atoms with Crippen molar-refractivity contribution in [3.63, 3.8) is 0 Å². The van der Waals surface area contributed by atoms with Crippen molar-refractivity contribution in [2.45, 2.75) is 57.8 Å². The van der Waals surface area contributed by atoms with Gasteiger partial charge in [0, 0.05) is 6.61 Å². The van der Waals surface area contributed by atoms with E-state index in [9.17, 15) is 5.11 Å². The molecule has 15 heavy (non-hydrogen) atoms. The van der Waals surface area contributed by atoms with Crippen LogP contribution >= 0.6 is 0 Å². The first-order chi connectivity index (χ1) is 6.70. The van der Waals surface area contributed by atoms with E-state index >= 15 is 0 Å². The van der Waals surface area contributed by atoms with Crippen molar-refractivity contribution in [1.29, 1.82) is 5.26 Å². The summed E-state index contributed by atoms with van der Waals surface area (Å²) < 4.78 is 5.88. The second kappa shape index (κ2) is 5.64. The number of aliphatic hydroxyl groups is 1. The highest BCUT2D eigenvalue weighted by molar-refractivity contribution is 6.74. The van der Waals surface area contributed by atoms with E-state index in [-0.39, 0.29) is 11.5 Å². The van der Waals surface area contributed by atoms with E-state index in [0.717, 1.165) is 0 Å². The van der Waals surface area contributed by atoms with Crippen molar-refractivity contribution < 1.29 is 9.53 Å². The summed E-state index contributed by atoms with van der Waals surface area (Å²) in [4.78, 5) is 0. The van der Waals surface area contributed by atoms with Gasteiger partial charge in [-0.1, -0.05) is 20.8 Å². The number of nitriles is 1. The van der Waals surface area contributed by atoms with E-state index in [1.807, 2.05) is 6.07 Å². The molecular weight excluding hydrogens is 206 g/mol. The molecule has 0 saturated heterocycles. The molecule has 3 nitrogen and oxygen atoms in total. The highest BCUT2D eigenvalue weighted by Gasteiger charge is 2.36. The third-order valence-corrected chi connectivity index (χ3v) is 7.59. The number of hydrogen-bond acceptors (Lipinski definition) is 3. The van der Waals surface area contributed by atoms with Crippen LogP contribution in [0.4, 0.5) is 0 Å². The van der Waals surface area contributed by atoms with Gasteiger partial charge in [0.1, 0.15) is 0 Å². The standard InChI is InChI=1S/C11H23NO2Si/c1-11(2,3)15(4,5)14-9-7-10(13)6-8-12/h10,13H,6-7,9H2,1-5H3. The third-order valence-electron chi connectivity index (χ3n) is 3.05. The van der Waals surface area contributed by atoms with E-state index in [1.54, 1.807) is 0 Å². The fourth-order valence-corrected chi connectivity index (χ4v) is 1.94. The molecule has 88 valence electrons. The van der Waals surface area contributed by atoms with Gasteiger partial charge >= 0.3 is 0 Å². The molecule has 0 bridgehead atoms. The van der Waals surface area contributed by atoms with Gasteiger partial charge in [0.15, 0.2) is 8.32 Å². The van der Waals surface area contributed by atoms with Crippen molar-refractivity contribution in [2.24, 2.45) is 0 Å². The fourth-order valence-electron chi connectivity index (χ4n) is 0.874. The topological polar surface area (TPSA) is 53.2 Å². The minimum Gasteiger partial charge on any atom is -0.417 e. The molecule has 0 amide bonds. The van der Waals surface area contributed by atoms with E-state index in [2.05, 4.69) is 33.9 Å². The zero-order chi connectivity index (χ0) is 12.1. The Balaban J connectivity index is 3.92. The van der Waals surface area contributed by atoms with E-state index in [0.29, 0.717) is 13.0 Å². The molecule has 0 rings (SSSR count). The van der Waals surface area contributed by atoms with Crippen LogP contribution in [0.2, 0.25) is 18.1 Å². The van der Waals surface area contributed by atoms with Crippen molar-refractivity contribution in [3.8, 4) is 6.07 Å². The molecule has 1 unspecified atom stereocenters. The summed E-state index contributed by atoms with van der Waals surface area (Å²) >= 11 is 0. The summed E-state index contributed by atoms with van der Waals surface area (Å²) in [6.45, 7) is 11.5. The van der Waals surface area contributed by atoms with Crippen LogP contribution in [0.25, 0.3) is 0 Å². The van der Waals surface area contributed by atoms with Crippen molar-refractivity contribution in [3.05, 3.63) is 0 Å². The molecule has 0 fully saturated rings. The van der Waals surface area contributed by atoms with Gasteiger partial charge in [0.25, 0.3) is 0 Å². The van der Waals surface area contributed by atoms with Gasteiger partial charge in [-0.05, 0) is 24.6 Å². The zero-order valence-corrected chi connectivity index (χ0v) is 11.5. The molecule has 0 spiro atoms. The lowest BCUT2D eigenvalue weighted by Gasteiger charge is -2.36. The van der Waals surface area contributed by atoms with E-state index < -0.39 is 14.4 Å². The minimum absolute atomic E-state index is 0.195. The maximum absolute atomic E-state index is 9.36. The SMILES string of the molecule is CC(C)(C)[Si](C)(C)OCCC(O)CC#N. The fraction of sp³-hybridized carbons (Fsp3) is 0.909. The predicted molar refractivity (Wildman–Crippen MR) is 64.0 cm³/mol. The van der Waals surface area contributed by atoms with Gasteiger partial charge in [-0.3, -0.25) is 0 Å². The normalized spacial score (nSPS) is 14.7. The molecule has 4 heteroatoms. The smallest absolute Gasteiger partial charge is 0.191 e. The second-order valence-corrected chi connectivity index (χ2v) is 10.2. The average Bonchev–Trinajstić information content (AvgIpc) is 2.01. The molecule has 0 aliphatic carbocycles. The first-order valence-corrected chi connectivity index (χ1v) is 8.30. The van der Waals surface area contributed by atoms with Crippen LogP contribution in [0.1, 0.15) is 33.6 Å². The molecule has 0 aromatic rings. The van der Waals surface area contributed by atoms with Crippen LogP contribution in [-0.2, 0) is 4.43 Å². The van der Waals surface area contributed by atoms with Crippen LogP contribution in [-0.4, -0.2) is 26.1 Å². The largest absolute Gasteiger partial charge is 0.417 e. The Kier molecular flexibility index (Phi) is 5.50. The highest BCUT2D eigenvalue weighted by Crippen LogP contribution is 2.36. The first kappa shape index (κ1) is 14.6. The molecule has 0 aromatic carbocycles. The Bertz CT molecular complexity index is 228. The maximum atomic E-state index is 9.36. The molecule has 1 atom stereocenters. The Morgan fingerprint density at radius 2 is 1.93 bits per heavy atom. The third kappa shape index (κ3) is 5.31. The van der Waals surface area contributed by atoms with Crippen molar-refractivity contribution in [1.82, 2.24) is 0 Å². The molecule has 0 radical (unpaired) electrons. The summed E-state index contributed by atoms with van der Waals surface area (Å²) in [5.74, 6) is 0. The molecule has 0 aliphatic rings. The lowest BCUT2D eigenvalue weighted by molar-refractivity contribution is 0.139. The van der Waals surface area contributed by atoms with Gasteiger partial charge in [-0.15, -0.1) is 0 Å². The Morgan fingerprint density at radius 1 is 1.40 bits per heavy atom. The monoisotopic (exact) mass is 229 g/mol. The Morgan fingerprint density at radius 3 is 2.33 bits per heavy atom. The summed E-state index contributed by atoms with van der Waals surface area (Å²) in [6.07, 6.45) is 0.209. The van der Waals surface area contributed by atoms with Gasteiger partial charge < -0.3 is 9.53 Å². The number of rotatable bonds is 5. The van der Waals surface area contributed by atoms with Crippen LogP contribution in [0.15, 0.2) is 0 Å². The summed E-state index contributed by atoms with van der Waals surface area (Å²) in [7, 11) is -1.69. The summed E-state index contributed by atoms with van der Waals surface area (Å²) in [6, 6.07) is 1.95. The molecule has 1 N–H and O–H groups in total. The zero-order valence-electron chi connectivity index (χ0n) is 10.5. The number of aliphatic hydroxyl groups excluding tert-OH is 1. The highest BCUT2D eigenvalue weighted by atomic mass is 28.4. The van der Waals surface area contributed by atoms with E-state index in [4.69, 9.17) is 9.69 Å². The molecular formula is C11H23NO2Si.